The van der Waals surface area contributed by atoms with Crippen molar-refractivity contribution in [2.75, 3.05) is 0 Å². The molecule has 0 saturated heterocycles. The first-order valence-electron chi connectivity index (χ1n) is 13.4. The fourth-order valence-corrected chi connectivity index (χ4v) is 24.1. The number of allylic oxidation sites excluding steroid dienone is 4. The maximum absolute atomic E-state index is 5.57. The van der Waals surface area contributed by atoms with E-state index in [-0.39, 0.29) is 30.2 Å². The van der Waals surface area contributed by atoms with E-state index in [1.165, 1.54) is 20.0 Å². The monoisotopic (exact) mass is 610 g/mol. The van der Waals surface area contributed by atoms with Crippen molar-refractivity contribution in [2.45, 2.75) is 58.5 Å². The van der Waals surface area contributed by atoms with Crippen molar-refractivity contribution in [1.82, 2.24) is 0 Å². The molecule has 3 aromatic rings. The average Bonchev–Trinajstić information content (AvgIpc) is 3.42. The van der Waals surface area contributed by atoms with Gasteiger partial charge in [-0.1, -0.05) is 0 Å². The van der Waals surface area contributed by atoms with Crippen LogP contribution >= 0.6 is 24.8 Å². The number of halogens is 2. The third-order valence-corrected chi connectivity index (χ3v) is 26.6. The first-order valence-corrected chi connectivity index (χ1v) is 20.6. The Kier molecular flexibility index (Phi) is 8.57. The second-order valence-corrected chi connectivity index (χ2v) is 26.0. The Morgan fingerprint density at radius 2 is 1.46 bits per heavy atom. The summed E-state index contributed by atoms with van der Waals surface area (Å²) in [5.74, 6) is 0.419. The normalized spacial score (nSPS) is 16.9. The third kappa shape index (κ3) is 4.34. The zero-order chi connectivity index (χ0) is 25.0. The Hall–Kier alpha value is -1.53. The van der Waals surface area contributed by atoms with Gasteiger partial charge in [-0.2, -0.15) is 0 Å². The average molecular weight is 613 g/mol. The molecular formula is C34H42Cl2Zr. The molecule has 1 unspecified atom stereocenters. The van der Waals surface area contributed by atoms with Gasteiger partial charge < -0.3 is 0 Å². The molecule has 2 aliphatic rings. The molecule has 3 heteroatoms. The van der Waals surface area contributed by atoms with Crippen molar-refractivity contribution in [1.29, 1.82) is 0 Å². The molecule has 0 aromatic heterocycles. The number of hydrogen-bond donors (Lipinski definition) is 0. The molecule has 0 aliphatic heterocycles. The van der Waals surface area contributed by atoms with E-state index < -0.39 is 18.3 Å². The Bertz CT molecular complexity index is 1440. The summed E-state index contributed by atoms with van der Waals surface area (Å²) in [6, 6.07) is 27.6. The summed E-state index contributed by atoms with van der Waals surface area (Å²) >= 11 is -4.27. The minimum atomic E-state index is -4.27. The number of rotatable bonds is 5. The molecule has 2 aliphatic carbocycles. The molecule has 0 radical (unpaired) electrons. The number of benzene rings is 3. The van der Waals surface area contributed by atoms with E-state index in [9.17, 15) is 0 Å². The van der Waals surface area contributed by atoms with Gasteiger partial charge in [0.1, 0.15) is 0 Å². The van der Waals surface area contributed by atoms with Crippen molar-refractivity contribution in [3.63, 3.8) is 0 Å². The van der Waals surface area contributed by atoms with Gasteiger partial charge in [-0.25, -0.2) is 0 Å². The predicted molar refractivity (Wildman–Crippen MR) is 167 cm³/mol. The van der Waals surface area contributed by atoms with Crippen LogP contribution in [0, 0.1) is 11.3 Å². The first kappa shape index (κ1) is 30.0. The van der Waals surface area contributed by atoms with E-state index in [1.807, 2.05) is 0 Å². The van der Waals surface area contributed by atoms with Gasteiger partial charge >= 0.3 is 214 Å². The number of fused-ring (bicyclic) bond motifs is 3. The number of hydrogen-bond acceptors (Lipinski definition) is 0. The van der Waals surface area contributed by atoms with Gasteiger partial charge in [-0.15, -0.1) is 24.8 Å². The molecule has 196 valence electrons. The van der Waals surface area contributed by atoms with Crippen molar-refractivity contribution >= 4 is 35.6 Å². The van der Waals surface area contributed by atoms with Crippen LogP contribution in [0.2, 0.25) is 4.13 Å². The molecule has 0 saturated carbocycles. The van der Waals surface area contributed by atoms with Crippen molar-refractivity contribution in [2.24, 2.45) is 11.3 Å². The van der Waals surface area contributed by atoms with E-state index >= 15 is 0 Å². The van der Waals surface area contributed by atoms with Crippen LogP contribution in [0.15, 0.2) is 93.3 Å². The van der Waals surface area contributed by atoms with E-state index in [2.05, 4.69) is 120 Å². The standard InChI is InChI=1S/C13H9.C12H19.C6H5.C2H5.CH2.2ClH.Zr/c1-3-7-12-10(5-1)9-11-6-2-4-8-13(11)12;1-6-10-7-9(2)8-11(10)12(3,4)5;1-2-4-6-5-3-1;1-2;;;;/h1-5,7-8H,9H2;8-9H,6H2,1-5H3;1-5H;1H2,2H3;1H2;2*1H;. The van der Waals surface area contributed by atoms with Gasteiger partial charge in [0.05, 0.1) is 0 Å². The third-order valence-electron chi connectivity index (χ3n) is 9.09. The van der Waals surface area contributed by atoms with Crippen LogP contribution in [-0.2, 0) is 24.7 Å². The summed E-state index contributed by atoms with van der Waals surface area (Å²) in [7, 11) is 0. The summed E-state index contributed by atoms with van der Waals surface area (Å²) in [4.78, 5) is 0. The van der Waals surface area contributed by atoms with Crippen molar-refractivity contribution in [3.05, 3.63) is 104 Å². The summed E-state index contributed by atoms with van der Waals surface area (Å²) in [6.07, 6.45) is 4.68. The summed E-state index contributed by atoms with van der Waals surface area (Å²) in [5, 5.41) is 0. The fraction of sp³-hybridized carbons (Fsp3) is 0.324. The molecule has 0 bridgehead atoms. The van der Waals surface area contributed by atoms with Gasteiger partial charge in [0.15, 0.2) is 0 Å². The summed E-state index contributed by atoms with van der Waals surface area (Å²) in [5.41, 5.74) is 9.13. The minimum absolute atomic E-state index is 0. The van der Waals surface area contributed by atoms with Crippen LogP contribution in [0.25, 0.3) is 11.1 Å². The van der Waals surface area contributed by atoms with Gasteiger partial charge in [-0.05, 0) is 0 Å². The summed E-state index contributed by atoms with van der Waals surface area (Å²) < 4.78 is 11.5. The van der Waals surface area contributed by atoms with E-state index in [1.54, 1.807) is 23.3 Å². The second kappa shape index (κ2) is 10.6. The Morgan fingerprint density at radius 3 is 2.08 bits per heavy atom. The molecule has 0 fully saturated rings. The van der Waals surface area contributed by atoms with Gasteiger partial charge in [0.2, 0.25) is 0 Å². The van der Waals surface area contributed by atoms with E-state index in [0.29, 0.717) is 5.92 Å². The molecule has 5 rings (SSSR count). The van der Waals surface area contributed by atoms with Gasteiger partial charge in [0, 0.05) is 0 Å². The van der Waals surface area contributed by atoms with E-state index in [0.717, 1.165) is 17.0 Å². The summed E-state index contributed by atoms with van der Waals surface area (Å²) in [6.45, 7) is 14.4. The van der Waals surface area contributed by atoms with Crippen molar-refractivity contribution < 1.29 is 18.3 Å². The Morgan fingerprint density at radius 1 is 0.838 bits per heavy atom. The molecule has 37 heavy (non-hydrogen) atoms. The zero-order valence-electron chi connectivity index (χ0n) is 23.2. The Balaban J connectivity index is 0.00000190. The molecule has 0 N–H and O–H groups in total. The van der Waals surface area contributed by atoms with Crippen LogP contribution in [0.4, 0.5) is 0 Å². The van der Waals surface area contributed by atoms with Crippen LogP contribution in [0.3, 0.4) is 0 Å². The topological polar surface area (TPSA) is 0 Å². The Labute approximate surface area is 237 Å². The second-order valence-electron chi connectivity index (χ2n) is 11.9. The quantitative estimate of drug-likeness (QED) is 0.211. The van der Waals surface area contributed by atoms with Crippen LogP contribution in [-0.4, -0.2) is 4.21 Å². The molecule has 0 nitrogen and oxygen atoms in total. The van der Waals surface area contributed by atoms with Gasteiger partial charge in [-0.3, -0.25) is 0 Å². The molecule has 0 heterocycles. The molecule has 1 atom stereocenters. The fourth-order valence-electron chi connectivity index (χ4n) is 7.46. The molecule has 3 aromatic carbocycles. The van der Waals surface area contributed by atoms with Gasteiger partial charge in [0.25, 0.3) is 0 Å². The first-order chi connectivity index (χ1) is 16.6. The van der Waals surface area contributed by atoms with Crippen LogP contribution in [0.1, 0.15) is 59.1 Å². The zero-order valence-corrected chi connectivity index (χ0v) is 27.3. The predicted octanol–water partition coefficient (Wildman–Crippen LogP) is 8.90. The molecular weight excluding hydrogens is 571 g/mol. The molecule has 0 amide bonds. The van der Waals surface area contributed by atoms with E-state index in [4.69, 9.17) is 4.21 Å². The van der Waals surface area contributed by atoms with Crippen molar-refractivity contribution in [3.8, 4) is 11.1 Å². The molecule has 0 spiro atoms. The van der Waals surface area contributed by atoms with Crippen LogP contribution in [0.5, 0.6) is 0 Å². The van der Waals surface area contributed by atoms with Crippen LogP contribution < -0.4 is 6.54 Å². The SMILES string of the molecule is Cl.Cl.[CH2]=[Zr]([CH2]C)([C]1=C(CC)C(C(C)(C)C)=CC1C)([c]1ccccc1)[c]1cccc2c1Cc1ccccc1-2. The maximum atomic E-state index is 5.57.